The molecule has 0 unspecified atom stereocenters. The number of hydrogen-bond acceptors (Lipinski definition) is 5. The number of rotatable bonds is 7. The summed E-state index contributed by atoms with van der Waals surface area (Å²) in [6.07, 6.45) is 3.97. The Morgan fingerprint density at radius 1 is 1.13 bits per heavy atom. The van der Waals surface area contributed by atoms with E-state index < -0.39 is 22.6 Å². The summed E-state index contributed by atoms with van der Waals surface area (Å²) in [5.41, 5.74) is 0.355. The smallest absolute Gasteiger partial charge is 0.340 e. The first-order chi connectivity index (χ1) is 14.3. The molecule has 0 radical (unpaired) electrons. The molecule has 1 N–H and O–H groups in total. The van der Waals surface area contributed by atoms with Crippen molar-refractivity contribution in [2.24, 2.45) is 0 Å². The summed E-state index contributed by atoms with van der Waals surface area (Å²) in [4.78, 5) is 24.3. The monoisotopic (exact) mass is 450 g/mol. The molecule has 0 heterocycles. The lowest BCUT2D eigenvalue weighted by atomic mass is 10.2. The molecule has 1 amide bonds. The van der Waals surface area contributed by atoms with Crippen LogP contribution in [-0.2, 0) is 19.6 Å². The van der Waals surface area contributed by atoms with E-state index in [2.05, 4.69) is 5.32 Å². The van der Waals surface area contributed by atoms with Gasteiger partial charge in [-0.15, -0.1) is 0 Å². The fourth-order valence-electron chi connectivity index (χ4n) is 3.30. The molecule has 30 heavy (non-hydrogen) atoms. The number of halogens is 1. The third-order valence-electron chi connectivity index (χ3n) is 4.99. The van der Waals surface area contributed by atoms with Crippen LogP contribution in [0.2, 0.25) is 5.02 Å². The predicted octanol–water partition coefficient (Wildman–Crippen LogP) is 3.38. The van der Waals surface area contributed by atoms with E-state index in [1.807, 2.05) is 0 Å². The minimum absolute atomic E-state index is 0.0394. The zero-order chi connectivity index (χ0) is 21.7. The number of benzene rings is 2. The van der Waals surface area contributed by atoms with Gasteiger partial charge in [0.25, 0.3) is 15.9 Å². The number of carbonyl (C=O) groups excluding carboxylic acids is 2. The molecule has 0 saturated heterocycles. The van der Waals surface area contributed by atoms with Gasteiger partial charge >= 0.3 is 5.97 Å². The molecule has 0 aliphatic heterocycles. The maximum Gasteiger partial charge on any atom is 0.340 e. The Morgan fingerprint density at radius 3 is 2.47 bits per heavy atom. The minimum atomic E-state index is -3.92. The number of nitrogens with one attached hydrogen (secondary N) is 1. The molecule has 2 aromatic carbocycles. The Labute approximate surface area is 181 Å². The van der Waals surface area contributed by atoms with Crippen molar-refractivity contribution in [1.29, 1.82) is 0 Å². The first-order valence-corrected chi connectivity index (χ1v) is 11.4. The molecule has 9 heteroatoms. The third kappa shape index (κ3) is 5.12. The van der Waals surface area contributed by atoms with Crippen LogP contribution in [0.5, 0.6) is 0 Å². The van der Waals surface area contributed by atoms with E-state index in [9.17, 15) is 18.0 Å². The summed E-state index contributed by atoms with van der Waals surface area (Å²) in [6, 6.07) is 12.5. The van der Waals surface area contributed by atoms with Crippen LogP contribution in [0.25, 0.3) is 0 Å². The van der Waals surface area contributed by atoms with Gasteiger partial charge in [-0.1, -0.05) is 42.6 Å². The summed E-state index contributed by atoms with van der Waals surface area (Å²) in [6.45, 7) is -0.452. The van der Waals surface area contributed by atoms with Crippen LogP contribution in [0.15, 0.2) is 53.4 Å². The van der Waals surface area contributed by atoms with Crippen molar-refractivity contribution >= 4 is 39.2 Å². The normalized spacial score (nSPS) is 14.3. The van der Waals surface area contributed by atoms with Gasteiger partial charge in [-0.3, -0.25) is 9.10 Å². The number of amides is 1. The van der Waals surface area contributed by atoms with Crippen LogP contribution in [0.4, 0.5) is 5.69 Å². The molecule has 0 spiro atoms. The number of para-hydroxylation sites is 1. The van der Waals surface area contributed by atoms with Crippen LogP contribution in [-0.4, -0.2) is 40.0 Å². The fourth-order valence-corrected chi connectivity index (χ4v) is 4.72. The van der Waals surface area contributed by atoms with Crippen molar-refractivity contribution in [3.8, 4) is 0 Å². The Bertz CT molecular complexity index is 1020. The van der Waals surface area contributed by atoms with Gasteiger partial charge in [0.05, 0.1) is 21.2 Å². The number of carbonyl (C=O) groups is 2. The predicted molar refractivity (Wildman–Crippen MR) is 114 cm³/mol. The van der Waals surface area contributed by atoms with Crippen LogP contribution in [0.1, 0.15) is 36.0 Å². The Balaban J connectivity index is 1.72. The standard InChI is InChI=1S/C21H23ClN2O5S/c1-24(16-9-3-2-4-10-16)30(27,28)17-11-12-19(22)18(13-17)21(26)29-14-20(25)23-15-7-5-6-8-15/h2-4,9-13,15H,5-8,14H2,1H3,(H,23,25). The second-order valence-electron chi connectivity index (χ2n) is 7.07. The summed E-state index contributed by atoms with van der Waals surface area (Å²) in [5.74, 6) is -1.25. The van der Waals surface area contributed by atoms with Crippen molar-refractivity contribution < 1.29 is 22.7 Å². The van der Waals surface area contributed by atoms with E-state index >= 15 is 0 Å². The zero-order valence-corrected chi connectivity index (χ0v) is 18.1. The lowest BCUT2D eigenvalue weighted by Gasteiger charge is -2.20. The van der Waals surface area contributed by atoms with Crippen LogP contribution in [0, 0.1) is 0 Å². The highest BCUT2D eigenvalue weighted by Crippen LogP contribution is 2.26. The molecule has 1 aliphatic rings. The van der Waals surface area contributed by atoms with E-state index in [1.54, 1.807) is 30.3 Å². The second-order valence-corrected chi connectivity index (χ2v) is 9.45. The van der Waals surface area contributed by atoms with E-state index in [4.69, 9.17) is 16.3 Å². The van der Waals surface area contributed by atoms with E-state index in [1.165, 1.54) is 19.2 Å². The minimum Gasteiger partial charge on any atom is -0.452 e. The lowest BCUT2D eigenvalue weighted by Crippen LogP contribution is -2.36. The number of hydrogen-bond donors (Lipinski definition) is 1. The third-order valence-corrected chi connectivity index (χ3v) is 7.10. The van der Waals surface area contributed by atoms with Gasteiger partial charge in [0.1, 0.15) is 0 Å². The maximum atomic E-state index is 12.9. The second kappa shape index (κ2) is 9.49. The van der Waals surface area contributed by atoms with E-state index in [-0.39, 0.29) is 27.4 Å². The molecule has 0 atom stereocenters. The van der Waals surface area contributed by atoms with Crippen molar-refractivity contribution in [3.05, 3.63) is 59.1 Å². The average Bonchev–Trinajstić information content (AvgIpc) is 3.25. The molecule has 1 aliphatic carbocycles. The van der Waals surface area contributed by atoms with E-state index in [0.717, 1.165) is 36.1 Å². The Hall–Kier alpha value is -2.58. The van der Waals surface area contributed by atoms with Gasteiger partial charge in [0, 0.05) is 13.1 Å². The van der Waals surface area contributed by atoms with Crippen molar-refractivity contribution in [2.45, 2.75) is 36.6 Å². The topological polar surface area (TPSA) is 92.8 Å². The molecule has 7 nitrogen and oxygen atoms in total. The summed E-state index contributed by atoms with van der Waals surface area (Å²) >= 11 is 6.08. The molecule has 1 saturated carbocycles. The summed E-state index contributed by atoms with van der Waals surface area (Å²) in [7, 11) is -2.50. The van der Waals surface area contributed by atoms with Crippen LogP contribution < -0.4 is 9.62 Å². The van der Waals surface area contributed by atoms with E-state index in [0.29, 0.717) is 5.69 Å². The number of anilines is 1. The molecule has 0 bridgehead atoms. The number of ether oxygens (including phenoxy) is 1. The zero-order valence-electron chi connectivity index (χ0n) is 16.5. The highest BCUT2D eigenvalue weighted by Gasteiger charge is 2.25. The van der Waals surface area contributed by atoms with Gasteiger partial charge < -0.3 is 10.1 Å². The van der Waals surface area contributed by atoms with Gasteiger partial charge in [-0.05, 0) is 43.2 Å². The molecule has 2 aromatic rings. The van der Waals surface area contributed by atoms with Crippen LogP contribution in [0.3, 0.4) is 0 Å². The number of sulfonamides is 1. The first kappa shape index (κ1) is 22.1. The van der Waals surface area contributed by atoms with Crippen molar-refractivity contribution in [3.63, 3.8) is 0 Å². The van der Waals surface area contributed by atoms with Gasteiger partial charge in [-0.25, -0.2) is 13.2 Å². The van der Waals surface area contributed by atoms with Crippen LogP contribution >= 0.6 is 11.6 Å². The number of nitrogens with zero attached hydrogens (tertiary/aromatic N) is 1. The largest absolute Gasteiger partial charge is 0.452 e. The summed E-state index contributed by atoms with van der Waals surface area (Å²) in [5, 5.41) is 2.86. The molecule has 0 aromatic heterocycles. The SMILES string of the molecule is CN(c1ccccc1)S(=O)(=O)c1ccc(Cl)c(C(=O)OCC(=O)NC2CCCC2)c1. The highest BCUT2D eigenvalue weighted by atomic mass is 35.5. The van der Waals surface area contributed by atoms with Gasteiger partial charge in [-0.2, -0.15) is 0 Å². The van der Waals surface area contributed by atoms with Crippen molar-refractivity contribution in [1.82, 2.24) is 5.32 Å². The highest BCUT2D eigenvalue weighted by molar-refractivity contribution is 7.92. The quantitative estimate of drug-likeness (QED) is 0.653. The molecule has 1 fully saturated rings. The van der Waals surface area contributed by atoms with Crippen molar-refractivity contribution in [2.75, 3.05) is 18.0 Å². The molecule has 160 valence electrons. The Morgan fingerprint density at radius 2 is 1.80 bits per heavy atom. The number of esters is 1. The maximum absolute atomic E-state index is 12.9. The lowest BCUT2D eigenvalue weighted by molar-refractivity contribution is -0.124. The molecular formula is C21H23ClN2O5S. The van der Waals surface area contributed by atoms with Gasteiger partial charge in [0.2, 0.25) is 0 Å². The summed E-state index contributed by atoms with van der Waals surface area (Å²) < 4.78 is 32.1. The average molecular weight is 451 g/mol. The first-order valence-electron chi connectivity index (χ1n) is 9.59. The molecule has 3 rings (SSSR count). The Kier molecular flexibility index (Phi) is 6.99. The fraction of sp³-hybridized carbons (Fsp3) is 0.333. The van der Waals surface area contributed by atoms with Gasteiger partial charge in [0.15, 0.2) is 6.61 Å². The molecular weight excluding hydrogens is 428 g/mol.